The van der Waals surface area contributed by atoms with Crippen molar-refractivity contribution in [2.24, 2.45) is 5.92 Å². The van der Waals surface area contributed by atoms with E-state index in [0.29, 0.717) is 29.0 Å². The highest BCUT2D eigenvalue weighted by Crippen LogP contribution is 2.37. The van der Waals surface area contributed by atoms with E-state index in [0.717, 1.165) is 25.8 Å². The van der Waals surface area contributed by atoms with Gasteiger partial charge in [-0.1, -0.05) is 31.0 Å². The van der Waals surface area contributed by atoms with Gasteiger partial charge in [0.25, 0.3) is 15.9 Å². The van der Waals surface area contributed by atoms with E-state index in [2.05, 4.69) is 4.72 Å². The number of fused-ring (bicyclic) bond motifs is 1. The maximum absolute atomic E-state index is 13.1. The lowest BCUT2D eigenvalue weighted by atomic mass is 9.85. The van der Waals surface area contributed by atoms with E-state index in [1.54, 1.807) is 36.4 Å². The van der Waals surface area contributed by atoms with Crippen molar-refractivity contribution in [3.8, 4) is 5.75 Å². The number of likely N-dealkylation sites (tertiary alicyclic amines) is 1. The number of rotatable bonds is 5. The van der Waals surface area contributed by atoms with Crippen LogP contribution in [-0.4, -0.2) is 38.9 Å². The zero-order chi connectivity index (χ0) is 20.4. The molecule has 154 valence electrons. The maximum atomic E-state index is 13.1. The number of carbonyl (C=O) groups is 1. The van der Waals surface area contributed by atoms with Crippen molar-refractivity contribution in [3.63, 3.8) is 0 Å². The highest BCUT2D eigenvalue weighted by molar-refractivity contribution is 7.92. The average Bonchev–Trinajstić information content (AvgIpc) is 3.17. The van der Waals surface area contributed by atoms with Crippen LogP contribution in [0.4, 0.5) is 5.69 Å². The van der Waals surface area contributed by atoms with E-state index in [1.807, 2.05) is 4.90 Å². The van der Waals surface area contributed by atoms with Crippen LogP contribution in [0.3, 0.4) is 0 Å². The topological polar surface area (TPSA) is 75.7 Å². The summed E-state index contributed by atoms with van der Waals surface area (Å²) in [6.45, 7) is 0.755. The Morgan fingerprint density at radius 2 is 1.86 bits per heavy atom. The molecule has 29 heavy (non-hydrogen) atoms. The van der Waals surface area contributed by atoms with Gasteiger partial charge in [0, 0.05) is 18.2 Å². The van der Waals surface area contributed by atoms with Crippen LogP contribution in [0.15, 0.2) is 53.4 Å². The second kappa shape index (κ2) is 8.06. The molecule has 4 rings (SSSR count). The van der Waals surface area contributed by atoms with E-state index in [4.69, 9.17) is 4.74 Å². The van der Waals surface area contributed by atoms with Gasteiger partial charge in [-0.2, -0.15) is 0 Å². The van der Waals surface area contributed by atoms with Gasteiger partial charge in [0.1, 0.15) is 5.75 Å². The number of para-hydroxylation sites is 2. The molecule has 7 heteroatoms. The fourth-order valence-electron chi connectivity index (χ4n) is 4.55. The number of nitrogens with one attached hydrogen (secondary N) is 1. The van der Waals surface area contributed by atoms with E-state index in [9.17, 15) is 13.2 Å². The van der Waals surface area contributed by atoms with Crippen molar-refractivity contribution in [2.45, 2.75) is 43.0 Å². The van der Waals surface area contributed by atoms with Crippen LogP contribution in [0.25, 0.3) is 0 Å². The molecule has 2 aromatic carbocycles. The monoisotopic (exact) mass is 414 g/mol. The summed E-state index contributed by atoms with van der Waals surface area (Å²) in [6, 6.07) is 13.4. The van der Waals surface area contributed by atoms with E-state index >= 15 is 0 Å². The Morgan fingerprint density at radius 1 is 1.07 bits per heavy atom. The molecule has 0 bridgehead atoms. The number of benzene rings is 2. The maximum Gasteiger partial charge on any atom is 0.262 e. The van der Waals surface area contributed by atoms with Crippen LogP contribution in [0.5, 0.6) is 5.75 Å². The third kappa shape index (κ3) is 3.96. The highest BCUT2D eigenvalue weighted by Gasteiger charge is 2.38. The van der Waals surface area contributed by atoms with E-state index < -0.39 is 10.0 Å². The summed E-state index contributed by atoms with van der Waals surface area (Å²) in [6.07, 6.45) is 5.67. The molecular weight excluding hydrogens is 388 g/mol. The summed E-state index contributed by atoms with van der Waals surface area (Å²) in [5.74, 6) is 0.948. The number of anilines is 1. The second-order valence-electron chi connectivity index (χ2n) is 7.73. The Kier molecular flexibility index (Phi) is 5.50. The van der Waals surface area contributed by atoms with Gasteiger partial charge < -0.3 is 9.64 Å². The molecule has 0 radical (unpaired) electrons. The summed E-state index contributed by atoms with van der Waals surface area (Å²) < 4.78 is 33.6. The largest absolute Gasteiger partial charge is 0.495 e. The fourth-order valence-corrected chi connectivity index (χ4v) is 5.67. The predicted octanol–water partition coefficient (Wildman–Crippen LogP) is 3.90. The number of hydrogen-bond acceptors (Lipinski definition) is 4. The number of ether oxygens (including phenoxy) is 1. The van der Waals surface area contributed by atoms with Crippen LogP contribution in [-0.2, 0) is 10.0 Å². The fraction of sp³-hybridized carbons (Fsp3) is 0.409. The van der Waals surface area contributed by atoms with Crippen molar-refractivity contribution in [1.82, 2.24) is 4.90 Å². The Balaban J connectivity index is 1.57. The van der Waals surface area contributed by atoms with Gasteiger partial charge in [-0.05, 0) is 55.5 Å². The van der Waals surface area contributed by atoms with Crippen molar-refractivity contribution >= 4 is 21.6 Å². The lowest BCUT2D eigenvalue weighted by molar-refractivity contribution is 0.0690. The van der Waals surface area contributed by atoms with Crippen molar-refractivity contribution in [2.75, 3.05) is 18.4 Å². The Morgan fingerprint density at radius 3 is 2.69 bits per heavy atom. The molecule has 1 aliphatic heterocycles. The molecule has 1 saturated carbocycles. The lowest BCUT2D eigenvalue weighted by Gasteiger charge is -2.31. The number of carbonyl (C=O) groups excluding carboxylic acids is 1. The van der Waals surface area contributed by atoms with Gasteiger partial charge in [-0.15, -0.1) is 0 Å². The molecule has 1 saturated heterocycles. The van der Waals surface area contributed by atoms with Crippen LogP contribution >= 0.6 is 0 Å². The summed E-state index contributed by atoms with van der Waals surface area (Å²) in [5.41, 5.74) is 0.774. The number of amides is 1. The van der Waals surface area contributed by atoms with Gasteiger partial charge >= 0.3 is 0 Å². The molecule has 1 heterocycles. The zero-order valence-electron chi connectivity index (χ0n) is 16.5. The smallest absolute Gasteiger partial charge is 0.262 e. The molecule has 0 spiro atoms. The van der Waals surface area contributed by atoms with Gasteiger partial charge in [-0.25, -0.2) is 8.42 Å². The predicted molar refractivity (Wildman–Crippen MR) is 112 cm³/mol. The highest BCUT2D eigenvalue weighted by atomic mass is 32.2. The van der Waals surface area contributed by atoms with Gasteiger partial charge in [-0.3, -0.25) is 9.52 Å². The number of methoxy groups -OCH3 is 1. The molecule has 2 atom stereocenters. The first kappa shape index (κ1) is 19.8. The van der Waals surface area contributed by atoms with Crippen molar-refractivity contribution in [3.05, 3.63) is 54.1 Å². The number of hydrogen-bond donors (Lipinski definition) is 1. The Hall–Kier alpha value is -2.54. The molecule has 1 aliphatic carbocycles. The van der Waals surface area contributed by atoms with E-state index in [1.165, 1.54) is 32.1 Å². The lowest BCUT2D eigenvalue weighted by Crippen LogP contribution is -2.39. The third-order valence-corrected chi connectivity index (χ3v) is 7.38. The number of sulfonamides is 1. The van der Waals surface area contributed by atoms with Crippen LogP contribution < -0.4 is 9.46 Å². The van der Waals surface area contributed by atoms with Gasteiger partial charge in [0.15, 0.2) is 0 Å². The first-order chi connectivity index (χ1) is 14.0. The van der Waals surface area contributed by atoms with Crippen LogP contribution in [0.1, 0.15) is 42.5 Å². The van der Waals surface area contributed by atoms with Crippen molar-refractivity contribution < 1.29 is 17.9 Å². The van der Waals surface area contributed by atoms with Crippen LogP contribution in [0.2, 0.25) is 0 Å². The molecule has 1 amide bonds. The van der Waals surface area contributed by atoms with Crippen LogP contribution in [0, 0.1) is 5.92 Å². The summed E-state index contributed by atoms with van der Waals surface area (Å²) in [7, 11) is -2.36. The zero-order valence-corrected chi connectivity index (χ0v) is 17.3. The van der Waals surface area contributed by atoms with Gasteiger partial charge in [0.05, 0.1) is 17.7 Å². The molecule has 6 nitrogen and oxygen atoms in total. The molecule has 2 fully saturated rings. The molecule has 2 aromatic rings. The quantitative estimate of drug-likeness (QED) is 0.805. The third-order valence-electron chi connectivity index (χ3n) is 6.01. The Bertz CT molecular complexity index is 1010. The normalized spacial score (nSPS) is 21.5. The average molecular weight is 415 g/mol. The molecule has 1 N–H and O–H groups in total. The second-order valence-corrected chi connectivity index (χ2v) is 9.42. The SMILES string of the molecule is COc1ccccc1NS(=O)(=O)c1cccc(C(=O)N2CCC3CCCCC32)c1. The first-order valence-corrected chi connectivity index (χ1v) is 11.5. The minimum atomic E-state index is -3.85. The minimum absolute atomic E-state index is 0.0636. The molecule has 0 aromatic heterocycles. The first-order valence-electron chi connectivity index (χ1n) is 10.1. The molecule has 2 aliphatic rings. The van der Waals surface area contributed by atoms with Crippen molar-refractivity contribution in [1.29, 1.82) is 0 Å². The minimum Gasteiger partial charge on any atom is -0.495 e. The summed E-state index contributed by atoms with van der Waals surface area (Å²) in [5, 5.41) is 0. The summed E-state index contributed by atoms with van der Waals surface area (Å²) in [4.78, 5) is 15.1. The Labute approximate surface area is 171 Å². The number of nitrogens with zero attached hydrogens (tertiary/aromatic N) is 1. The van der Waals surface area contributed by atoms with Gasteiger partial charge in [0.2, 0.25) is 0 Å². The molecular formula is C22H26N2O4S. The van der Waals surface area contributed by atoms with E-state index in [-0.39, 0.29) is 10.8 Å². The molecule has 2 unspecified atom stereocenters. The summed E-state index contributed by atoms with van der Waals surface area (Å²) >= 11 is 0. The standard InChI is InChI=1S/C22H26N2O4S/c1-28-21-12-5-3-10-19(21)23-29(26,27)18-9-6-8-17(15-18)22(25)24-14-13-16-7-2-4-11-20(16)24/h3,5-6,8-10,12,15-16,20,23H,2,4,7,11,13-14H2,1H3.